The van der Waals surface area contributed by atoms with E-state index in [0.717, 1.165) is 19.1 Å². The molecular weight excluding hydrogens is 780 g/mol. The number of rotatable bonds is 14. The average molecular weight is 829 g/mol. The van der Waals surface area contributed by atoms with Crippen molar-refractivity contribution in [1.82, 2.24) is 5.32 Å². The number of hydrogen-bond donors (Lipinski definition) is 13. The van der Waals surface area contributed by atoms with Crippen LogP contribution in [0.15, 0.2) is 24.3 Å². The number of carbonyl (C=O) groups excluding carboxylic acids is 1. The number of nitro benzene ring substituents is 1. The number of nitro groups is 1. The van der Waals surface area contributed by atoms with Gasteiger partial charge >= 0.3 is 0 Å². The molecule has 20 unspecified atom stereocenters. The SMILES string of the molecule is CC(=O)NC1C(OC2C(O)C(CO)OC(OC3C(O)C(CO)OC(OC4C(CO)OC(Oc5ccc([N+](=O)[O-])cc5)C(O)C4O)C3O)C2O)OC(CO)C(O)C1O. The summed E-state index contributed by atoms with van der Waals surface area (Å²) >= 11 is 0. The normalized spacial score (nSPS) is 43.9. The van der Waals surface area contributed by atoms with Gasteiger partial charge in [-0.2, -0.15) is 0 Å². The molecule has 0 saturated carbocycles. The predicted octanol–water partition coefficient (Wildman–Crippen LogP) is -7.61. The molecule has 4 saturated heterocycles. The number of non-ortho nitro benzene ring substituents is 1. The van der Waals surface area contributed by atoms with E-state index in [-0.39, 0.29) is 11.4 Å². The second-order valence-electron chi connectivity index (χ2n) is 13.7. The quantitative estimate of drug-likeness (QED) is 0.0612. The molecule has 1 aromatic rings. The zero-order valence-electron chi connectivity index (χ0n) is 30.0. The number of nitrogens with zero attached hydrogens (tertiary/aromatic N) is 1. The van der Waals surface area contributed by atoms with Gasteiger partial charge in [-0.05, 0) is 12.1 Å². The minimum Gasteiger partial charge on any atom is -0.462 e. The van der Waals surface area contributed by atoms with E-state index in [1.807, 2.05) is 0 Å². The van der Waals surface area contributed by atoms with Gasteiger partial charge in [-0.1, -0.05) is 0 Å². The lowest BCUT2D eigenvalue weighted by Gasteiger charge is -2.49. The standard InChI is InChI=1S/C32H48N2O23/c1-10(39)33-17-21(43)18(40)13(6-35)51-29(17)56-27-19(41)14(7-36)53-32(24(27)46)57-28-20(42)15(8-37)52-31(25(28)47)55-26-16(9-38)54-30(23(45)22(26)44)50-12-4-2-11(3-5-12)34(48)49/h2-5,13-32,35-38,40-47H,6-9H2,1H3,(H,33,39). The Morgan fingerprint density at radius 3 is 1.51 bits per heavy atom. The highest BCUT2D eigenvalue weighted by molar-refractivity contribution is 5.73. The van der Waals surface area contributed by atoms with Crippen LogP contribution in [-0.2, 0) is 38.0 Å². The van der Waals surface area contributed by atoms with Crippen molar-refractivity contribution in [2.24, 2.45) is 0 Å². The van der Waals surface area contributed by atoms with Crippen LogP contribution >= 0.6 is 0 Å². The Balaban J connectivity index is 1.32. The molecule has 0 spiro atoms. The van der Waals surface area contributed by atoms with Crippen LogP contribution in [0, 0.1) is 10.1 Å². The molecule has 0 radical (unpaired) electrons. The maximum absolute atomic E-state index is 11.9. The number of aliphatic hydroxyl groups excluding tert-OH is 12. The van der Waals surface area contributed by atoms with Crippen molar-refractivity contribution in [1.29, 1.82) is 0 Å². The molecule has 13 N–H and O–H groups in total. The van der Waals surface area contributed by atoms with Crippen molar-refractivity contribution in [3.8, 4) is 5.75 Å². The summed E-state index contributed by atoms with van der Waals surface area (Å²) in [5.41, 5.74) is -0.262. The molecule has 1 amide bonds. The summed E-state index contributed by atoms with van der Waals surface area (Å²) in [5, 5.41) is 141. The van der Waals surface area contributed by atoms with E-state index in [4.69, 9.17) is 37.9 Å². The molecule has 5 rings (SSSR count). The van der Waals surface area contributed by atoms with Crippen LogP contribution < -0.4 is 10.1 Å². The van der Waals surface area contributed by atoms with E-state index in [2.05, 4.69) is 5.32 Å². The summed E-state index contributed by atoms with van der Waals surface area (Å²) in [5.74, 6) is -0.729. The van der Waals surface area contributed by atoms with Gasteiger partial charge in [0.25, 0.3) is 5.69 Å². The Morgan fingerprint density at radius 2 is 1.04 bits per heavy atom. The number of ether oxygens (including phenoxy) is 8. The van der Waals surface area contributed by atoms with Crippen LogP contribution in [0.5, 0.6) is 5.75 Å². The predicted molar refractivity (Wildman–Crippen MR) is 177 cm³/mol. The highest BCUT2D eigenvalue weighted by Gasteiger charge is 2.56. The first-order chi connectivity index (χ1) is 27.0. The van der Waals surface area contributed by atoms with Gasteiger partial charge in [0.1, 0.15) is 103 Å². The molecule has 4 heterocycles. The first-order valence-corrected chi connectivity index (χ1v) is 17.7. The lowest BCUT2D eigenvalue weighted by molar-refractivity contribution is -0.386. The molecule has 324 valence electrons. The van der Waals surface area contributed by atoms with Crippen LogP contribution in [0.1, 0.15) is 6.92 Å². The third kappa shape index (κ3) is 9.79. The Kier molecular flexibility index (Phi) is 15.4. The number of amides is 1. The van der Waals surface area contributed by atoms with Crippen LogP contribution in [0.4, 0.5) is 5.69 Å². The second-order valence-corrected chi connectivity index (χ2v) is 13.7. The molecule has 20 atom stereocenters. The van der Waals surface area contributed by atoms with Crippen molar-refractivity contribution in [2.45, 2.75) is 130 Å². The smallest absolute Gasteiger partial charge is 0.269 e. The van der Waals surface area contributed by atoms with Crippen molar-refractivity contribution >= 4 is 11.6 Å². The summed E-state index contributed by atoms with van der Waals surface area (Å²) in [6, 6.07) is 3.09. The second kappa shape index (κ2) is 19.5. The third-order valence-corrected chi connectivity index (χ3v) is 9.89. The van der Waals surface area contributed by atoms with Gasteiger partial charge in [0, 0.05) is 19.1 Å². The molecular formula is C32H48N2O23. The Bertz CT molecular complexity index is 1460. The average Bonchev–Trinajstić information content (AvgIpc) is 3.18. The van der Waals surface area contributed by atoms with Gasteiger partial charge in [0.2, 0.25) is 12.2 Å². The summed E-state index contributed by atoms with van der Waals surface area (Å²) in [6.07, 6.45) is -34.3. The summed E-state index contributed by atoms with van der Waals surface area (Å²) < 4.78 is 44.9. The molecule has 4 aliphatic heterocycles. The van der Waals surface area contributed by atoms with Crippen LogP contribution in [0.3, 0.4) is 0 Å². The molecule has 0 aliphatic carbocycles. The maximum atomic E-state index is 11.9. The summed E-state index contributed by atoms with van der Waals surface area (Å²) in [6.45, 7) is -2.50. The van der Waals surface area contributed by atoms with E-state index in [9.17, 15) is 76.2 Å². The van der Waals surface area contributed by atoms with Crippen molar-refractivity contribution in [3.63, 3.8) is 0 Å². The number of nitrogens with one attached hydrogen (secondary N) is 1. The van der Waals surface area contributed by atoms with E-state index >= 15 is 0 Å². The Labute approximate surface area is 322 Å². The Hall–Kier alpha value is -2.87. The molecule has 25 heteroatoms. The molecule has 4 aliphatic rings. The number of benzene rings is 1. The fraction of sp³-hybridized carbons (Fsp3) is 0.781. The monoisotopic (exact) mass is 828 g/mol. The molecule has 1 aromatic carbocycles. The highest BCUT2D eigenvalue weighted by Crippen LogP contribution is 2.35. The van der Waals surface area contributed by atoms with Gasteiger partial charge in [-0.25, -0.2) is 0 Å². The van der Waals surface area contributed by atoms with Crippen molar-refractivity contribution in [3.05, 3.63) is 34.4 Å². The van der Waals surface area contributed by atoms with Crippen LogP contribution in [-0.4, -0.2) is 221 Å². The fourth-order valence-electron chi connectivity index (χ4n) is 6.80. The van der Waals surface area contributed by atoms with Gasteiger partial charge < -0.3 is 104 Å². The highest BCUT2D eigenvalue weighted by atomic mass is 16.8. The van der Waals surface area contributed by atoms with Crippen LogP contribution in [0.25, 0.3) is 0 Å². The van der Waals surface area contributed by atoms with Crippen molar-refractivity contribution < 1.29 is 109 Å². The molecule has 0 bridgehead atoms. The van der Waals surface area contributed by atoms with Gasteiger partial charge in [-0.15, -0.1) is 0 Å². The molecule has 0 aromatic heterocycles. The third-order valence-electron chi connectivity index (χ3n) is 9.89. The first-order valence-electron chi connectivity index (χ1n) is 17.7. The maximum Gasteiger partial charge on any atom is 0.269 e. The minimum atomic E-state index is -2.09. The number of aliphatic hydroxyl groups is 12. The topological polar surface area (TPSA) is 389 Å². The van der Waals surface area contributed by atoms with Gasteiger partial charge in [0.15, 0.2) is 18.9 Å². The zero-order chi connectivity index (χ0) is 41.9. The number of hydrogen-bond acceptors (Lipinski definition) is 23. The van der Waals surface area contributed by atoms with E-state index in [1.54, 1.807) is 0 Å². The lowest BCUT2D eigenvalue weighted by atomic mass is 9.95. The molecule has 57 heavy (non-hydrogen) atoms. The van der Waals surface area contributed by atoms with Gasteiger partial charge in [-0.3, -0.25) is 14.9 Å². The molecule has 4 fully saturated rings. The number of carbonyl (C=O) groups is 1. The van der Waals surface area contributed by atoms with E-state index in [1.165, 1.54) is 12.1 Å². The van der Waals surface area contributed by atoms with Crippen LogP contribution in [0.2, 0.25) is 0 Å². The summed E-state index contributed by atoms with van der Waals surface area (Å²) in [4.78, 5) is 22.2. The zero-order valence-corrected chi connectivity index (χ0v) is 30.0. The largest absolute Gasteiger partial charge is 0.462 e. The van der Waals surface area contributed by atoms with E-state index < -0.39 is 160 Å². The first kappa shape index (κ1) is 45.2. The van der Waals surface area contributed by atoms with E-state index in [0.29, 0.717) is 0 Å². The van der Waals surface area contributed by atoms with Crippen molar-refractivity contribution in [2.75, 3.05) is 26.4 Å². The lowest BCUT2D eigenvalue weighted by Crippen LogP contribution is -2.69. The van der Waals surface area contributed by atoms with Gasteiger partial charge in [0.05, 0.1) is 31.4 Å². The molecule has 25 nitrogen and oxygen atoms in total. The fourth-order valence-corrected chi connectivity index (χ4v) is 6.80. The summed E-state index contributed by atoms with van der Waals surface area (Å²) in [7, 11) is 0. The Morgan fingerprint density at radius 1 is 0.596 bits per heavy atom. The minimum absolute atomic E-state index is 0.0148.